The van der Waals surface area contributed by atoms with Crippen LogP contribution < -0.4 is 5.32 Å². The third-order valence-corrected chi connectivity index (χ3v) is 4.48. The van der Waals surface area contributed by atoms with Gasteiger partial charge >= 0.3 is 5.97 Å². The number of amides is 1. The smallest absolute Gasteiger partial charge is 0.339 e. The highest BCUT2D eigenvalue weighted by Crippen LogP contribution is 2.26. The van der Waals surface area contributed by atoms with Crippen LogP contribution in [0.3, 0.4) is 0 Å². The Morgan fingerprint density at radius 1 is 1.12 bits per heavy atom. The second-order valence-electron chi connectivity index (χ2n) is 6.60. The summed E-state index contributed by atoms with van der Waals surface area (Å²) in [4.78, 5) is 39.4. The van der Waals surface area contributed by atoms with E-state index in [1.807, 2.05) is 0 Å². The Hall–Kier alpha value is -4.60. The Bertz CT molecular complexity index is 1340. The van der Waals surface area contributed by atoms with Gasteiger partial charge in [0.2, 0.25) is 0 Å². The van der Waals surface area contributed by atoms with Crippen LogP contribution in [0.5, 0.6) is 0 Å². The van der Waals surface area contributed by atoms with Gasteiger partial charge in [-0.3, -0.25) is 14.9 Å². The summed E-state index contributed by atoms with van der Waals surface area (Å²) in [5.41, 5.74) is 0.304. The van der Waals surface area contributed by atoms with Crippen molar-refractivity contribution in [1.82, 2.24) is 4.98 Å². The molecule has 160 valence electrons. The van der Waals surface area contributed by atoms with Crippen molar-refractivity contribution in [2.75, 3.05) is 11.9 Å². The van der Waals surface area contributed by atoms with Crippen LogP contribution in [0, 0.1) is 15.9 Å². The maximum atomic E-state index is 13.8. The first-order chi connectivity index (χ1) is 15.4. The lowest BCUT2D eigenvalue weighted by atomic mass is 10.1. The van der Waals surface area contributed by atoms with Crippen molar-refractivity contribution >= 4 is 34.2 Å². The number of nitrogens with zero attached hydrogens (tertiary/aromatic N) is 2. The van der Waals surface area contributed by atoms with Gasteiger partial charge in [-0.1, -0.05) is 18.2 Å². The molecule has 2 aromatic heterocycles. The normalized spacial score (nSPS) is 10.7. The average Bonchev–Trinajstić information content (AvgIpc) is 3.33. The number of halogens is 1. The van der Waals surface area contributed by atoms with Gasteiger partial charge in [-0.05, 0) is 30.3 Å². The zero-order chi connectivity index (χ0) is 22.7. The number of furan rings is 1. The number of anilines is 1. The third kappa shape index (κ3) is 4.29. The molecule has 0 saturated carbocycles. The largest absolute Gasteiger partial charge is 0.463 e. The topological polar surface area (TPSA) is 125 Å². The molecule has 0 spiro atoms. The maximum Gasteiger partial charge on any atom is 0.339 e. The van der Waals surface area contributed by atoms with Crippen LogP contribution >= 0.6 is 0 Å². The van der Waals surface area contributed by atoms with Gasteiger partial charge < -0.3 is 14.5 Å². The van der Waals surface area contributed by atoms with Crippen molar-refractivity contribution in [1.29, 1.82) is 0 Å². The SMILES string of the molecule is O=C(COC(=O)c1cc(-c2ccco2)nc2ccccc12)Nc1cc([N+](=O)[O-])ccc1F. The molecule has 1 amide bonds. The fraction of sp³-hybridized carbons (Fsp3) is 0.0455. The number of rotatable bonds is 6. The van der Waals surface area contributed by atoms with Crippen molar-refractivity contribution in [3.8, 4) is 11.5 Å². The van der Waals surface area contributed by atoms with Crippen molar-refractivity contribution in [3.63, 3.8) is 0 Å². The van der Waals surface area contributed by atoms with E-state index in [1.165, 1.54) is 12.3 Å². The Balaban J connectivity index is 1.53. The summed E-state index contributed by atoms with van der Waals surface area (Å²) in [7, 11) is 0. The molecular formula is C22H14FN3O6. The molecule has 0 aliphatic carbocycles. The summed E-state index contributed by atoms with van der Waals surface area (Å²) in [6, 6.07) is 14.5. The number of fused-ring (bicyclic) bond motifs is 1. The lowest BCUT2D eigenvalue weighted by molar-refractivity contribution is -0.384. The number of hydrogen-bond acceptors (Lipinski definition) is 7. The van der Waals surface area contributed by atoms with Gasteiger partial charge in [0.05, 0.1) is 28.0 Å². The van der Waals surface area contributed by atoms with E-state index >= 15 is 0 Å². The summed E-state index contributed by atoms with van der Waals surface area (Å²) < 4.78 is 24.3. The molecule has 32 heavy (non-hydrogen) atoms. The van der Waals surface area contributed by atoms with Gasteiger partial charge in [-0.2, -0.15) is 0 Å². The third-order valence-electron chi connectivity index (χ3n) is 4.48. The monoisotopic (exact) mass is 435 g/mol. The Kier molecular flexibility index (Phi) is 5.58. The van der Waals surface area contributed by atoms with Crippen LogP contribution in [-0.4, -0.2) is 28.4 Å². The van der Waals surface area contributed by atoms with Gasteiger partial charge in [0.15, 0.2) is 12.4 Å². The first kappa shape index (κ1) is 20.7. The van der Waals surface area contributed by atoms with E-state index in [4.69, 9.17) is 9.15 Å². The molecule has 1 N–H and O–H groups in total. The highest BCUT2D eigenvalue weighted by Gasteiger charge is 2.18. The minimum Gasteiger partial charge on any atom is -0.463 e. The molecule has 2 heterocycles. The lowest BCUT2D eigenvalue weighted by Crippen LogP contribution is -2.21. The zero-order valence-electron chi connectivity index (χ0n) is 16.3. The van der Waals surface area contributed by atoms with E-state index in [-0.39, 0.29) is 5.56 Å². The minimum atomic E-state index is -0.863. The summed E-state index contributed by atoms with van der Waals surface area (Å²) in [5, 5.41) is 13.5. The van der Waals surface area contributed by atoms with Gasteiger partial charge in [0.1, 0.15) is 11.5 Å². The number of esters is 1. The van der Waals surface area contributed by atoms with Gasteiger partial charge in [-0.15, -0.1) is 0 Å². The molecule has 0 bridgehead atoms. The van der Waals surface area contributed by atoms with E-state index in [0.717, 1.165) is 18.2 Å². The van der Waals surface area contributed by atoms with Gasteiger partial charge in [-0.25, -0.2) is 14.2 Å². The summed E-state index contributed by atoms with van der Waals surface area (Å²) in [5.74, 6) is -2.07. The molecule has 9 nitrogen and oxygen atoms in total. The number of carbonyl (C=O) groups excluding carboxylic acids is 2. The minimum absolute atomic E-state index is 0.163. The quantitative estimate of drug-likeness (QED) is 0.271. The number of nitro groups is 1. The highest BCUT2D eigenvalue weighted by molar-refractivity contribution is 6.05. The molecule has 4 rings (SSSR count). The summed E-state index contributed by atoms with van der Waals surface area (Å²) in [6.45, 7) is -0.728. The molecular weight excluding hydrogens is 421 g/mol. The second kappa shape index (κ2) is 8.64. The van der Waals surface area contributed by atoms with E-state index in [1.54, 1.807) is 36.4 Å². The van der Waals surface area contributed by atoms with Gasteiger partial charge in [0.25, 0.3) is 11.6 Å². The van der Waals surface area contributed by atoms with Crippen molar-refractivity contribution in [3.05, 3.63) is 88.4 Å². The van der Waals surface area contributed by atoms with Crippen LogP contribution in [0.1, 0.15) is 10.4 Å². The standard InChI is InChI=1S/C22H14FN3O6/c23-16-8-7-13(26(29)30)10-18(16)25-21(27)12-32-22(28)15-11-19(20-6-3-9-31-20)24-17-5-2-1-4-14(15)17/h1-11H,12H2,(H,25,27). The number of para-hydroxylation sites is 1. The number of benzene rings is 2. The molecule has 0 unspecified atom stereocenters. The van der Waals surface area contributed by atoms with E-state index in [9.17, 15) is 24.1 Å². The van der Waals surface area contributed by atoms with Crippen molar-refractivity contribution < 1.29 is 28.1 Å². The Morgan fingerprint density at radius 3 is 2.69 bits per heavy atom. The van der Waals surface area contributed by atoms with Gasteiger partial charge in [0, 0.05) is 17.5 Å². The summed E-state index contributed by atoms with van der Waals surface area (Å²) >= 11 is 0. The highest BCUT2D eigenvalue weighted by atomic mass is 19.1. The number of pyridine rings is 1. The first-order valence-electron chi connectivity index (χ1n) is 9.27. The molecule has 0 fully saturated rings. The fourth-order valence-corrected chi connectivity index (χ4v) is 3.01. The number of hydrogen-bond donors (Lipinski definition) is 1. The average molecular weight is 435 g/mol. The predicted octanol–water partition coefficient (Wildman–Crippen LogP) is 4.34. The Morgan fingerprint density at radius 2 is 1.94 bits per heavy atom. The molecule has 0 aliphatic rings. The molecule has 0 saturated heterocycles. The number of non-ortho nitro benzene ring substituents is 1. The van der Waals surface area contributed by atoms with Crippen LogP contribution in [0.25, 0.3) is 22.4 Å². The first-order valence-corrected chi connectivity index (χ1v) is 9.27. The van der Waals surface area contributed by atoms with Crippen molar-refractivity contribution in [2.45, 2.75) is 0 Å². The number of aromatic nitrogens is 1. The van der Waals surface area contributed by atoms with Crippen LogP contribution in [0.15, 0.2) is 71.3 Å². The number of ether oxygens (including phenoxy) is 1. The van der Waals surface area contributed by atoms with E-state index in [0.29, 0.717) is 22.4 Å². The molecule has 0 atom stereocenters. The van der Waals surface area contributed by atoms with Crippen LogP contribution in [0.4, 0.5) is 15.8 Å². The van der Waals surface area contributed by atoms with E-state index < -0.39 is 40.6 Å². The zero-order valence-corrected chi connectivity index (χ0v) is 16.3. The number of nitro benzene ring substituents is 1. The molecule has 2 aromatic carbocycles. The van der Waals surface area contributed by atoms with Crippen LogP contribution in [0.2, 0.25) is 0 Å². The second-order valence-corrected chi connectivity index (χ2v) is 6.60. The predicted molar refractivity (Wildman–Crippen MR) is 111 cm³/mol. The molecule has 0 aliphatic heterocycles. The Labute approximate surface area is 179 Å². The molecule has 10 heteroatoms. The maximum absolute atomic E-state index is 13.8. The number of nitrogens with one attached hydrogen (secondary N) is 1. The summed E-state index contributed by atoms with van der Waals surface area (Å²) in [6.07, 6.45) is 1.47. The van der Waals surface area contributed by atoms with Crippen LogP contribution in [-0.2, 0) is 9.53 Å². The fourth-order valence-electron chi connectivity index (χ4n) is 3.01. The molecule has 0 radical (unpaired) electrons. The lowest BCUT2D eigenvalue weighted by Gasteiger charge is -2.10. The number of carbonyl (C=O) groups is 2. The molecule has 4 aromatic rings. The van der Waals surface area contributed by atoms with Crippen molar-refractivity contribution in [2.24, 2.45) is 0 Å². The van der Waals surface area contributed by atoms with E-state index in [2.05, 4.69) is 10.3 Å².